The number of rotatable bonds is 4. The Bertz CT molecular complexity index is 1520. The Labute approximate surface area is 189 Å². The second-order valence-corrected chi connectivity index (χ2v) is 10.3. The van der Waals surface area contributed by atoms with Gasteiger partial charge in [0.25, 0.3) is 11.5 Å². The van der Waals surface area contributed by atoms with Gasteiger partial charge in [-0.1, -0.05) is 23.9 Å². The minimum atomic E-state index is -0.396. The lowest BCUT2D eigenvalue weighted by atomic mass is 9.94. The third-order valence-corrected chi connectivity index (χ3v) is 7.75. The molecule has 1 aliphatic rings. The average Bonchev–Trinajstić information content (AvgIpc) is 3.47. The van der Waals surface area contributed by atoms with Gasteiger partial charge >= 0.3 is 0 Å². The maximum atomic E-state index is 10.9. The van der Waals surface area contributed by atoms with Gasteiger partial charge < -0.3 is 4.74 Å². The van der Waals surface area contributed by atoms with Crippen LogP contribution in [0.25, 0.3) is 21.6 Å². The second-order valence-electron chi connectivity index (χ2n) is 8.23. The molecule has 0 amide bonds. The van der Waals surface area contributed by atoms with Crippen LogP contribution in [0.2, 0.25) is 0 Å². The van der Waals surface area contributed by atoms with E-state index in [0.29, 0.717) is 18.1 Å². The Morgan fingerprint density at radius 2 is 2.09 bits per heavy atom. The molecular formula is C20H17N7O3S2. The van der Waals surface area contributed by atoms with Crippen LogP contribution in [-0.4, -0.2) is 39.7 Å². The molecule has 0 aliphatic carbocycles. The summed E-state index contributed by atoms with van der Waals surface area (Å²) in [5.74, 6) is 1.21. The number of hydrogen-bond donors (Lipinski definition) is 0. The number of ether oxygens (including phenoxy) is 1. The van der Waals surface area contributed by atoms with E-state index < -0.39 is 4.92 Å². The normalized spacial score (nSPS) is 15.6. The van der Waals surface area contributed by atoms with E-state index in [4.69, 9.17) is 4.74 Å². The molecule has 5 aromatic rings. The maximum Gasteiger partial charge on any atom is 0.269 e. The summed E-state index contributed by atoms with van der Waals surface area (Å²) in [5.41, 5.74) is 2.84. The molecule has 12 heteroatoms. The fourth-order valence-corrected chi connectivity index (χ4v) is 6.19. The highest BCUT2D eigenvalue weighted by atomic mass is 32.2. The number of hydrogen-bond acceptors (Lipinski definition) is 9. The van der Waals surface area contributed by atoms with Crippen molar-refractivity contribution >= 4 is 50.4 Å². The SMILES string of the molecule is CC1(C)Cc2c(sc3c2c2ncnn2c2nnc(SCc4ccc([N+](=O)[O-])cc4)n32)CO1. The second kappa shape index (κ2) is 6.95. The molecule has 0 atom stereocenters. The number of thiophene rings is 1. The van der Waals surface area contributed by atoms with E-state index in [9.17, 15) is 10.1 Å². The number of fused-ring (bicyclic) bond motifs is 8. The van der Waals surface area contributed by atoms with Gasteiger partial charge in [0.15, 0.2) is 10.8 Å². The molecule has 32 heavy (non-hydrogen) atoms. The van der Waals surface area contributed by atoms with Crippen molar-refractivity contribution < 1.29 is 9.66 Å². The van der Waals surface area contributed by atoms with Crippen molar-refractivity contribution in [3.05, 3.63) is 56.7 Å². The van der Waals surface area contributed by atoms with E-state index in [1.807, 2.05) is 4.40 Å². The van der Waals surface area contributed by atoms with Crippen LogP contribution in [0.15, 0.2) is 35.7 Å². The summed E-state index contributed by atoms with van der Waals surface area (Å²) in [6, 6.07) is 6.57. The van der Waals surface area contributed by atoms with Crippen molar-refractivity contribution in [3.8, 4) is 0 Å². The first-order valence-electron chi connectivity index (χ1n) is 9.92. The van der Waals surface area contributed by atoms with E-state index in [1.165, 1.54) is 34.3 Å². The van der Waals surface area contributed by atoms with Crippen molar-refractivity contribution in [2.24, 2.45) is 0 Å². The monoisotopic (exact) mass is 467 g/mol. The Morgan fingerprint density at radius 1 is 1.28 bits per heavy atom. The molecule has 0 saturated heterocycles. The third-order valence-electron chi connectivity index (χ3n) is 5.56. The fraction of sp³-hybridized carbons (Fsp3) is 0.300. The number of nitrogens with zero attached hydrogens (tertiary/aromatic N) is 7. The van der Waals surface area contributed by atoms with E-state index in [-0.39, 0.29) is 11.3 Å². The van der Waals surface area contributed by atoms with Gasteiger partial charge in [-0.3, -0.25) is 10.1 Å². The summed E-state index contributed by atoms with van der Waals surface area (Å²) < 4.78 is 9.81. The highest BCUT2D eigenvalue weighted by Crippen LogP contribution is 2.41. The highest BCUT2D eigenvalue weighted by Gasteiger charge is 2.32. The van der Waals surface area contributed by atoms with Gasteiger partial charge in [-0.2, -0.15) is 9.61 Å². The number of benzene rings is 1. The van der Waals surface area contributed by atoms with Crippen LogP contribution in [0.4, 0.5) is 5.69 Å². The predicted octanol–water partition coefficient (Wildman–Crippen LogP) is 4.04. The van der Waals surface area contributed by atoms with Crippen LogP contribution in [0.1, 0.15) is 29.9 Å². The fourth-order valence-electron chi connectivity index (χ4n) is 4.02. The molecule has 1 aliphatic heterocycles. The van der Waals surface area contributed by atoms with Gasteiger partial charge in [0.05, 0.1) is 22.5 Å². The van der Waals surface area contributed by atoms with Gasteiger partial charge in [0.1, 0.15) is 11.2 Å². The molecule has 0 bridgehead atoms. The smallest absolute Gasteiger partial charge is 0.269 e. The molecule has 10 nitrogen and oxygen atoms in total. The largest absolute Gasteiger partial charge is 0.370 e. The van der Waals surface area contributed by atoms with Crippen molar-refractivity contribution in [1.29, 1.82) is 0 Å². The number of aromatic nitrogens is 6. The average molecular weight is 468 g/mol. The predicted molar refractivity (Wildman–Crippen MR) is 120 cm³/mol. The zero-order valence-electron chi connectivity index (χ0n) is 17.2. The standard InChI is InChI=1S/C20H17N7O3S2/c1-20(2)7-13-14(8-30-20)32-17-15(13)16-21-10-22-26(16)18-23-24-19(25(17)18)31-9-11-3-5-12(6-4-11)27(28)29/h3-6,10H,7-9H2,1-2H3. The van der Waals surface area contributed by atoms with E-state index in [2.05, 4.69) is 34.1 Å². The molecule has 6 rings (SSSR count). The van der Waals surface area contributed by atoms with Gasteiger partial charge in [0.2, 0.25) is 0 Å². The number of nitro benzene ring substituents is 1. The molecular weight excluding hydrogens is 450 g/mol. The summed E-state index contributed by atoms with van der Waals surface area (Å²) >= 11 is 3.21. The lowest BCUT2D eigenvalue weighted by Crippen LogP contribution is -2.31. The zero-order valence-corrected chi connectivity index (χ0v) is 18.8. The van der Waals surface area contributed by atoms with Crippen molar-refractivity contribution in [3.63, 3.8) is 0 Å². The number of thioether (sulfide) groups is 1. The Morgan fingerprint density at radius 3 is 2.88 bits per heavy atom. The summed E-state index contributed by atoms with van der Waals surface area (Å²) in [6.45, 7) is 4.77. The summed E-state index contributed by atoms with van der Waals surface area (Å²) in [5, 5.41) is 25.9. The molecule has 5 heterocycles. The van der Waals surface area contributed by atoms with Crippen molar-refractivity contribution in [2.45, 2.75) is 43.4 Å². The van der Waals surface area contributed by atoms with Crippen LogP contribution >= 0.6 is 23.1 Å². The van der Waals surface area contributed by atoms with Crippen LogP contribution in [0.5, 0.6) is 0 Å². The lowest BCUT2D eigenvalue weighted by molar-refractivity contribution is -0.384. The van der Waals surface area contributed by atoms with Crippen molar-refractivity contribution in [1.82, 2.24) is 29.2 Å². The highest BCUT2D eigenvalue weighted by molar-refractivity contribution is 7.98. The summed E-state index contributed by atoms with van der Waals surface area (Å²) in [6.07, 6.45) is 2.34. The van der Waals surface area contributed by atoms with Crippen LogP contribution < -0.4 is 0 Å². The van der Waals surface area contributed by atoms with E-state index in [1.54, 1.807) is 34.3 Å². The van der Waals surface area contributed by atoms with Crippen LogP contribution in [-0.2, 0) is 23.5 Å². The lowest BCUT2D eigenvalue weighted by Gasteiger charge is -2.30. The van der Waals surface area contributed by atoms with E-state index in [0.717, 1.165) is 33.0 Å². The third kappa shape index (κ3) is 2.98. The molecule has 0 saturated carbocycles. The molecule has 0 N–H and O–H groups in total. The Kier molecular flexibility index (Phi) is 4.26. The summed E-state index contributed by atoms with van der Waals surface area (Å²) in [7, 11) is 0. The Hall–Kier alpha value is -3.09. The van der Waals surface area contributed by atoms with Crippen molar-refractivity contribution in [2.75, 3.05) is 0 Å². The zero-order chi connectivity index (χ0) is 22.0. The van der Waals surface area contributed by atoms with Gasteiger partial charge in [-0.25, -0.2) is 9.38 Å². The Balaban J connectivity index is 1.47. The number of nitro groups is 1. The quantitative estimate of drug-likeness (QED) is 0.221. The molecule has 0 fully saturated rings. The van der Waals surface area contributed by atoms with Crippen LogP contribution in [0, 0.1) is 10.1 Å². The topological polar surface area (TPSA) is 113 Å². The first-order valence-corrected chi connectivity index (χ1v) is 11.7. The molecule has 0 radical (unpaired) electrons. The van der Waals surface area contributed by atoms with Gasteiger partial charge in [-0.15, -0.1) is 21.5 Å². The van der Waals surface area contributed by atoms with E-state index >= 15 is 0 Å². The maximum absolute atomic E-state index is 10.9. The molecule has 0 unspecified atom stereocenters. The molecule has 4 aromatic heterocycles. The van der Waals surface area contributed by atoms with Gasteiger partial charge in [0, 0.05) is 29.2 Å². The minimum Gasteiger partial charge on any atom is -0.370 e. The molecule has 1 aromatic carbocycles. The minimum absolute atomic E-state index is 0.0799. The van der Waals surface area contributed by atoms with Crippen LogP contribution in [0.3, 0.4) is 0 Å². The first-order chi connectivity index (χ1) is 15.4. The first kappa shape index (κ1) is 19.6. The summed E-state index contributed by atoms with van der Waals surface area (Å²) in [4.78, 5) is 17.2. The molecule has 0 spiro atoms. The number of non-ortho nitro benzene ring substituents is 1. The van der Waals surface area contributed by atoms with Gasteiger partial charge in [-0.05, 0) is 25.0 Å². The molecule has 162 valence electrons.